The lowest BCUT2D eigenvalue weighted by atomic mass is 9.85. The number of ether oxygens (including phenoxy) is 1. The number of methoxy groups -OCH3 is 1. The van der Waals surface area contributed by atoms with Gasteiger partial charge in [0.05, 0.1) is 7.11 Å². The summed E-state index contributed by atoms with van der Waals surface area (Å²) in [5.74, 6) is -1.68. The molecule has 0 spiro atoms. The number of halogens is 2. The zero-order chi connectivity index (χ0) is 14.9. The van der Waals surface area contributed by atoms with E-state index in [0.717, 1.165) is 12.1 Å². The first-order valence-electron chi connectivity index (χ1n) is 6.48. The van der Waals surface area contributed by atoms with Gasteiger partial charge in [-0.1, -0.05) is 0 Å². The molecule has 2 rings (SSSR count). The van der Waals surface area contributed by atoms with Crippen LogP contribution in [0.25, 0.3) is 0 Å². The van der Waals surface area contributed by atoms with Gasteiger partial charge in [0, 0.05) is 49.7 Å². The summed E-state index contributed by atoms with van der Waals surface area (Å²) >= 11 is 0. The van der Waals surface area contributed by atoms with Gasteiger partial charge in [-0.05, 0) is 6.42 Å². The molecule has 20 heavy (non-hydrogen) atoms. The van der Waals surface area contributed by atoms with Crippen molar-refractivity contribution >= 4 is 5.91 Å². The van der Waals surface area contributed by atoms with Crippen molar-refractivity contribution in [3.05, 3.63) is 29.3 Å². The number of nitrogens with zero attached hydrogens (tertiary/aromatic N) is 1. The molecule has 1 fully saturated rings. The van der Waals surface area contributed by atoms with Crippen LogP contribution in [0.15, 0.2) is 12.1 Å². The Morgan fingerprint density at radius 1 is 1.40 bits per heavy atom. The highest BCUT2D eigenvalue weighted by Gasteiger charge is 2.32. The van der Waals surface area contributed by atoms with E-state index in [-0.39, 0.29) is 17.2 Å². The van der Waals surface area contributed by atoms with Crippen LogP contribution in [0.1, 0.15) is 24.8 Å². The fraction of sp³-hybridized carbons (Fsp3) is 0.500. The summed E-state index contributed by atoms with van der Waals surface area (Å²) in [5, 5.41) is 0. The lowest BCUT2D eigenvalue weighted by Crippen LogP contribution is -2.49. The number of piperidine rings is 1. The second-order valence-corrected chi connectivity index (χ2v) is 5.03. The summed E-state index contributed by atoms with van der Waals surface area (Å²) in [5.41, 5.74) is 5.98. The molecule has 0 bridgehead atoms. The van der Waals surface area contributed by atoms with Crippen LogP contribution in [0.2, 0.25) is 0 Å². The van der Waals surface area contributed by atoms with Crippen molar-refractivity contribution < 1.29 is 18.3 Å². The maximum Gasteiger partial charge on any atom is 0.219 e. The Morgan fingerprint density at radius 2 is 2.00 bits per heavy atom. The summed E-state index contributed by atoms with van der Waals surface area (Å²) in [6.07, 6.45) is 0.445. The Morgan fingerprint density at radius 3 is 2.45 bits per heavy atom. The Bertz CT molecular complexity index is 499. The van der Waals surface area contributed by atoms with Crippen LogP contribution in [0, 0.1) is 11.6 Å². The third-order valence-electron chi connectivity index (χ3n) is 3.76. The van der Waals surface area contributed by atoms with E-state index in [1.54, 1.807) is 4.90 Å². The highest BCUT2D eigenvalue weighted by Crippen LogP contribution is 2.33. The second-order valence-electron chi connectivity index (χ2n) is 5.03. The summed E-state index contributed by atoms with van der Waals surface area (Å²) in [4.78, 5) is 12.9. The predicted molar refractivity (Wildman–Crippen MR) is 70.5 cm³/mol. The number of hydrogen-bond donors (Lipinski definition) is 1. The van der Waals surface area contributed by atoms with Crippen molar-refractivity contribution in [2.75, 3.05) is 20.2 Å². The molecule has 1 aromatic rings. The van der Waals surface area contributed by atoms with Gasteiger partial charge < -0.3 is 15.4 Å². The fourth-order valence-electron chi connectivity index (χ4n) is 2.66. The van der Waals surface area contributed by atoms with E-state index in [4.69, 9.17) is 10.5 Å². The number of rotatable bonds is 2. The van der Waals surface area contributed by atoms with Crippen LogP contribution in [0.4, 0.5) is 8.78 Å². The lowest BCUT2D eigenvalue weighted by Gasteiger charge is -2.36. The van der Waals surface area contributed by atoms with Crippen LogP contribution in [0.5, 0.6) is 5.75 Å². The molecule has 1 amide bonds. The molecule has 0 aliphatic carbocycles. The van der Waals surface area contributed by atoms with E-state index >= 15 is 0 Å². The SMILES string of the molecule is COc1cc(F)c([C@@H]2CCN(C(C)=O)C[C@H]2N)c(F)c1. The van der Waals surface area contributed by atoms with Crippen molar-refractivity contribution in [1.82, 2.24) is 4.90 Å². The van der Waals surface area contributed by atoms with E-state index < -0.39 is 23.6 Å². The monoisotopic (exact) mass is 284 g/mol. The van der Waals surface area contributed by atoms with Crippen molar-refractivity contribution in [3.63, 3.8) is 0 Å². The van der Waals surface area contributed by atoms with Gasteiger partial charge in [0.2, 0.25) is 5.91 Å². The molecule has 110 valence electrons. The Labute approximate surface area is 116 Å². The summed E-state index contributed by atoms with van der Waals surface area (Å²) < 4.78 is 32.9. The molecule has 2 atom stereocenters. The van der Waals surface area contributed by atoms with Gasteiger partial charge in [0.15, 0.2) is 0 Å². The van der Waals surface area contributed by atoms with E-state index in [2.05, 4.69) is 0 Å². The standard InChI is InChI=1S/C14H18F2N2O2/c1-8(19)18-4-3-10(13(17)7-18)14-11(15)5-9(20-2)6-12(14)16/h5-6,10,13H,3-4,7,17H2,1-2H3/t10-,13-/m1/s1. The van der Waals surface area contributed by atoms with E-state index in [0.29, 0.717) is 19.5 Å². The van der Waals surface area contributed by atoms with Crippen molar-refractivity contribution in [1.29, 1.82) is 0 Å². The third-order valence-corrected chi connectivity index (χ3v) is 3.76. The maximum absolute atomic E-state index is 14.1. The Hall–Kier alpha value is -1.69. The largest absolute Gasteiger partial charge is 0.497 e. The van der Waals surface area contributed by atoms with Gasteiger partial charge in [-0.3, -0.25) is 4.79 Å². The summed E-state index contributed by atoms with van der Waals surface area (Å²) in [6.45, 7) is 2.23. The highest BCUT2D eigenvalue weighted by molar-refractivity contribution is 5.73. The van der Waals surface area contributed by atoms with Crippen LogP contribution in [0.3, 0.4) is 0 Å². The number of amides is 1. The molecule has 0 aromatic heterocycles. The molecule has 1 aliphatic heterocycles. The van der Waals surface area contributed by atoms with Crippen molar-refractivity contribution in [3.8, 4) is 5.75 Å². The number of hydrogen-bond acceptors (Lipinski definition) is 3. The first kappa shape index (κ1) is 14.7. The van der Waals surface area contributed by atoms with Gasteiger partial charge in [-0.15, -0.1) is 0 Å². The van der Waals surface area contributed by atoms with Crippen molar-refractivity contribution in [2.45, 2.75) is 25.3 Å². The molecule has 1 saturated heterocycles. The fourth-order valence-corrected chi connectivity index (χ4v) is 2.66. The van der Waals surface area contributed by atoms with Crippen LogP contribution < -0.4 is 10.5 Å². The first-order chi connectivity index (χ1) is 9.43. The molecule has 1 aliphatic rings. The van der Waals surface area contributed by atoms with E-state index in [1.165, 1.54) is 14.0 Å². The average Bonchev–Trinajstić information content (AvgIpc) is 2.39. The van der Waals surface area contributed by atoms with Crippen molar-refractivity contribution in [2.24, 2.45) is 5.73 Å². The Balaban J connectivity index is 2.27. The molecular weight excluding hydrogens is 266 g/mol. The third kappa shape index (κ3) is 2.75. The maximum atomic E-state index is 14.1. The number of carbonyl (C=O) groups is 1. The van der Waals surface area contributed by atoms with E-state index in [9.17, 15) is 13.6 Å². The first-order valence-corrected chi connectivity index (χ1v) is 6.48. The minimum atomic E-state index is -0.654. The number of carbonyl (C=O) groups excluding carboxylic acids is 1. The summed E-state index contributed by atoms with van der Waals surface area (Å²) in [7, 11) is 1.35. The predicted octanol–water partition coefficient (Wildman–Crippen LogP) is 1.64. The van der Waals surface area contributed by atoms with Crippen LogP contribution in [-0.2, 0) is 4.79 Å². The zero-order valence-corrected chi connectivity index (χ0v) is 11.5. The van der Waals surface area contributed by atoms with Gasteiger partial charge in [0.25, 0.3) is 0 Å². The zero-order valence-electron chi connectivity index (χ0n) is 11.5. The van der Waals surface area contributed by atoms with Gasteiger partial charge in [-0.25, -0.2) is 8.78 Å². The molecule has 0 radical (unpaired) electrons. The normalized spacial score (nSPS) is 22.8. The lowest BCUT2D eigenvalue weighted by molar-refractivity contribution is -0.130. The quantitative estimate of drug-likeness (QED) is 0.898. The smallest absolute Gasteiger partial charge is 0.219 e. The molecular formula is C14H18F2N2O2. The minimum Gasteiger partial charge on any atom is -0.497 e. The number of likely N-dealkylation sites (tertiary alicyclic amines) is 1. The number of benzene rings is 1. The second kappa shape index (κ2) is 5.75. The molecule has 1 heterocycles. The van der Waals surface area contributed by atoms with Gasteiger partial charge in [-0.2, -0.15) is 0 Å². The molecule has 4 nitrogen and oxygen atoms in total. The topological polar surface area (TPSA) is 55.6 Å². The Kier molecular flexibility index (Phi) is 4.23. The molecule has 2 N–H and O–H groups in total. The van der Waals surface area contributed by atoms with Crippen LogP contribution in [-0.4, -0.2) is 37.0 Å². The average molecular weight is 284 g/mol. The minimum absolute atomic E-state index is 0.0125. The molecule has 0 unspecified atom stereocenters. The molecule has 1 aromatic carbocycles. The summed E-state index contributed by atoms with van der Waals surface area (Å²) in [6, 6.07) is 1.83. The number of nitrogens with two attached hydrogens (primary N) is 1. The van der Waals surface area contributed by atoms with E-state index in [1.807, 2.05) is 0 Å². The van der Waals surface area contributed by atoms with Gasteiger partial charge in [0.1, 0.15) is 17.4 Å². The van der Waals surface area contributed by atoms with Gasteiger partial charge >= 0.3 is 0 Å². The molecule has 0 saturated carbocycles. The molecule has 6 heteroatoms. The highest BCUT2D eigenvalue weighted by atomic mass is 19.1. The van der Waals surface area contributed by atoms with Crippen LogP contribution >= 0.6 is 0 Å².